The number of rotatable bonds is 14. The summed E-state index contributed by atoms with van der Waals surface area (Å²) in [4.78, 5) is 39.2. The van der Waals surface area contributed by atoms with Crippen LogP contribution < -0.4 is 16.1 Å². The van der Waals surface area contributed by atoms with Crippen LogP contribution in [0.3, 0.4) is 0 Å². The largest absolute Gasteiger partial charge is 0.382 e. The molecule has 0 heterocycles. The Hall–Kier alpha value is -4.01. The molecule has 3 aromatic rings. The maximum Gasteiger partial charge on any atom is 0.244 e. The van der Waals surface area contributed by atoms with E-state index < -0.39 is 35.2 Å². The van der Waals surface area contributed by atoms with Gasteiger partial charge < -0.3 is 15.4 Å². The monoisotopic (exact) mass is 587 g/mol. The third-order valence-corrected chi connectivity index (χ3v) is 7.59. The molecule has 0 aliphatic carbocycles. The van der Waals surface area contributed by atoms with E-state index in [0.29, 0.717) is 12.8 Å². The molecule has 3 aromatic carbocycles. The maximum atomic E-state index is 13.6. The van der Waals surface area contributed by atoms with E-state index in [0.717, 1.165) is 23.1 Å². The fourth-order valence-corrected chi connectivity index (χ4v) is 5.23. The fourth-order valence-electron chi connectivity index (χ4n) is 5.23. The number of carbonyl (C=O) groups excluding carboxylic acids is 3. The van der Waals surface area contributed by atoms with Crippen LogP contribution >= 0.6 is 0 Å². The molecule has 43 heavy (non-hydrogen) atoms. The van der Waals surface area contributed by atoms with Crippen molar-refractivity contribution in [3.05, 3.63) is 95.6 Å². The summed E-state index contributed by atoms with van der Waals surface area (Å²) in [5, 5.41) is 15.1. The van der Waals surface area contributed by atoms with Gasteiger partial charge in [-0.05, 0) is 59.4 Å². The summed E-state index contributed by atoms with van der Waals surface area (Å²) < 4.78 is 5.35. The molecule has 8 heteroatoms. The Bertz CT molecular complexity index is 1340. The van der Waals surface area contributed by atoms with Gasteiger partial charge in [0.25, 0.3) is 0 Å². The lowest BCUT2D eigenvalue weighted by Crippen LogP contribution is -2.55. The van der Waals surface area contributed by atoms with Crippen LogP contribution in [-0.4, -0.2) is 42.7 Å². The topological polar surface area (TPSA) is 117 Å². The minimum Gasteiger partial charge on any atom is -0.382 e. The lowest BCUT2D eigenvalue weighted by atomic mass is 9.85. The van der Waals surface area contributed by atoms with Crippen LogP contribution in [0, 0.1) is 18.3 Å². The minimum absolute atomic E-state index is 0.191. The summed E-state index contributed by atoms with van der Waals surface area (Å²) in [5.41, 5.74) is 6.55. The van der Waals surface area contributed by atoms with Crippen molar-refractivity contribution in [1.29, 1.82) is 0 Å². The van der Waals surface area contributed by atoms with Gasteiger partial charge in [0, 0.05) is 19.4 Å². The van der Waals surface area contributed by atoms with E-state index in [-0.39, 0.29) is 18.9 Å². The van der Waals surface area contributed by atoms with E-state index in [4.69, 9.17) is 9.94 Å². The molecule has 0 bridgehead atoms. The second kappa shape index (κ2) is 16.0. The molecule has 0 radical (unpaired) electrons. The fraction of sp³-hybridized carbons (Fsp3) is 0.400. The molecule has 0 saturated heterocycles. The lowest BCUT2D eigenvalue weighted by molar-refractivity contribution is -0.137. The van der Waals surface area contributed by atoms with Crippen LogP contribution in [0.5, 0.6) is 0 Å². The van der Waals surface area contributed by atoms with Crippen LogP contribution in [0.15, 0.2) is 78.9 Å². The number of hydrogen-bond donors (Lipinski definition) is 4. The number of methoxy groups -OCH3 is 1. The van der Waals surface area contributed by atoms with Crippen LogP contribution in [0.25, 0.3) is 11.1 Å². The van der Waals surface area contributed by atoms with Crippen molar-refractivity contribution in [3.8, 4) is 11.1 Å². The van der Waals surface area contributed by atoms with Crippen molar-refractivity contribution in [2.24, 2.45) is 11.3 Å². The van der Waals surface area contributed by atoms with Crippen molar-refractivity contribution < 1.29 is 24.3 Å². The predicted octanol–water partition coefficient (Wildman–Crippen LogP) is 5.53. The molecule has 0 saturated carbocycles. The van der Waals surface area contributed by atoms with Gasteiger partial charge in [-0.1, -0.05) is 99.6 Å². The molecular weight excluding hydrogens is 542 g/mol. The molecule has 4 N–H and O–H groups in total. The van der Waals surface area contributed by atoms with E-state index in [1.165, 1.54) is 11.1 Å². The molecule has 8 nitrogen and oxygen atoms in total. The Morgan fingerprint density at radius 3 is 2.12 bits per heavy atom. The Labute approximate surface area is 255 Å². The van der Waals surface area contributed by atoms with Crippen molar-refractivity contribution in [1.82, 2.24) is 16.1 Å². The molecule has 0 fully saturated rings. The summed E-state index contributed by atoms with van der Waals surface area (Å²) in [5.74, 6) is -2.12. The third-order valence-electron chi connectivity index (χ3n) is 7.59. The third kappa shape index (κ3) is 10.0. The zero-order valence-electron chi connectivity index (χ0n) is 25.9. The Morgan fingerprint density at radius 1 is 0.884 bits per heavy atom. The highest BCUT2D eigenvalue weighted by atomic mass is 16.5. The molecule has 0 aromatic heterocycles. The van der Waals surface area contributed by atoms with Gasteiger partial charge in [-0.3, -0.25) is 19.6 Å². The Balaban J connectivity index is 1.70. The van der Waals surface area contributed by atoms with Crippen molar-refractivity contribution >= 4 is 17.7 Å². The highest BCUT2D eigenvalue weighted by Crippen LogP contribution is 2.26. The Morgan fingerprint density at radius 2 is 1.53 bits per heavy atom. The van der Waals surface area contributed by atoms with Gasteiger partial charge in [0.05, 0.1) is 12.6 Å². The first-order chi connectivity index (χ1) is 20.5. The molecule has 3 amide bonds. The average Bonchev–Trinajstić information content (AvgIpc) is 2.99. The molecule has 230 valence electrons. The van der Waals surface area contributed by atoms with Gasteiger partial charge in [0.1, 0.15) is 6.04 Å². The second-order valence-corrected chi connectivity index (χ2v) is 12.1. The lowest BCUT2D eigenvalue weighted by Gasteiger charge is -2.33. The number of hydrogen-bond acceptors (Lipinski definition) is 5. The van der Waals surface area contributed by atoms with E-state index in [2.05, 4.69) is 47.9 Å². The van der Waals surface area contributed by atoms with Gasteiger partial charge in [0.15, 0.2) is 0 Å². The molecule has 0 aliphatic rings. The number of benzene rings is 3. The SMILES string of the molecule is COCC(NC(=O)[C@@H](NC(=O)[C@H](CCCc1ccc(-c2ccccc2)c(C)c1)CC(=O)NO)C(C)(C)C)c1ccccc1. The van der Waals surface area contributed by atoms with E-state index in [1.807, 2.05) is 69.3 Å². The van der Waals surface area contributed by atoms with Crippen molar-refractivity contribution in [2.45, 2.75) is 65.5 Å². The van der Waals surface area contributed by atoms with Crippen LogP contribution in [0.1, 0.15) is 62.8 Å². The smallest absolute Gasteiger partial charge is 0.244 e. The highest BCUT2D eigenvalue weighted by molar-refractivity contribution is 5.91. The molecule has 3 rings (SSSR count). The number of hydroxylamine groups is 1. The number of carbonyl (C=O) groups is 3. The summed E-state index contributed by atoms with van der Waals surface area (Å²) in [6, 6.07) is 24.8. The van der Waals surface area contributed by atoms with Gasteiger partial charge in [-0.25, -0.2) is 5.48 Å². The zero-order valence-corrected chi connectivity index (χ0v) is 25.9. The van der Waals surface area contributed by atoms with Crippen molar-refractivity contribution in [2.75, 3.05) is 13.7 Å². The number of amides is 3. The molecule has 3 atom stereocenters. The number of ether oxygens (including phenoxy) is 1. The van der Waals surface area contributed by atoms with Gasteiger partial charge in [-0.2, -0.15) is 0 Å². The summed E-state index contributed by atoms with van der Waals surface area (Å²) in [6.45, 7) is 7.98. The van der Waals surface area contributed by atoms with E-state index in [9.17, 15) is 14.4 Å². The summed E-state index contributed by atoms with van der Waals surface area (Å²) >= 11 is 0. The molecule has 0 aliphatic heterocycles. The van der Waals surface area contributed by atoms with Crippen molar-refractivity contribution in [3.63, 3.8) is 0 Å². The zero-order chi connectivity index (χ0) is 31.4. The average molecular weight is 588 g/mol. The predicted molar refractivity (Wildman–Crippen MR) is 168 cm³/mol. The highest BCUT2D eigenvalue weighted by Gasteiger charge is 2.36. The maximum absolute atomic E-state index is 13.6. The minimum atomic E-state index is -0.865. The first kappa shape index (κ1) is 33.5. The first-order valence-corrected chi connectivity index (χ1v) is 14.8. The Kier molecular flexibility index (Phi) is 12.5. The summed E-state index contributed by atoms with van der Waals surface area (Å²) in [7, 11) is 1.57. The molecule has 1 unspecified atom stereocenters. The first-order valence-electron chi connectivity index (χ1n) is 14.8. The van der Waals surface area contributed by atoms with Crippen LogP contribution in [0.2, 0.25) is 0 Å². The molecular formula is C35H45N3O5. The van der Waals surface area contributed by atoms with Gasteiger partial charge in [0.2, 0.25) is 17.7 Å². The number of nitrogens with one attached hydrogen (secondary N) is 3. The molecule has 0 spiro atoms. The normalized spacial score (nSPS) is 13.4. The summed E-state index contributed by atoms with van der Waals surface area (Å²) in [6.07, 6.45) is 1.59. The van der Waals surface area contributed by atoms with Crippen LogP contribution in [0.4, 0.5) is 0 Å². The second-order valence-electron chi connectivity index (χ2n) is 12.1. The van der Waals surface area contributed by atoms with E-state index >= 15 is 0 Å². The van der Waals surface area contributed by atoms with Gasteiger partial charge in [-0.15, -0.1) is 0 Å². The standard InChI is InChI=1S/C35H45N3O5/c1-24-21-25(19-20-29(24)26-14-8-6-9-15-26)13-12-18-28(22-31(39)38-42)33(40)37-32(35(2,3)4)34(41)36-30(23-43-5)27-16-10-7-11-17-27/h6-11,14-17,19-21,28,30,32,42H,12-13,18,22-23H2,1-5H3,(H,36,41)(H,37,40)(H,38,39)/t28-,30?,32-/m1/s1. The quantitative estimate of drug-likeness (QED) is 0.146. The van der Waals surface area contributed by atoms with Gasteiger partial charge >= 0.3 is 0 Å². The van der Waals surface area contributed by atoms with Crippen LogP contribution in [-0.2, 0) is 25.5 Å². The number of aryl methyl sites for hydroxylation is 2. The van der Waals surface area contributed by atoms with E-state index in [1.54, 1.807) is 12.6 Å².